The van der Waals surface area contributed by atoms with E-state index in [1.54, 1.807) is 55.4 Å². The molecule has 0 saturated heterocycles. The zero-order valence-electron chi connectivity index (χ0n) is 66.6. The van der Waals surface area contributed by atoms with Crippen molar-refractivity contribution in [3.8, 4) is 0 Å². The van der Waals surface area contributed by atoms with Crippen LogP contribution in [0.25, 0.3) is 0 Å². The van der Waals surface area contributed by atoms with Crippen LogP contribution in [0.15, 0.2) is 0 Å². The maximum Gasteiger partial charge on any atom is 0.309 e. The second kappa shape index (κ2) is 57.2. The van der Waals surface area contributed by atoms with Crippen molar-refractivity contribution in [2.24, 2.45) is 88.8 Å². The molecule has 30 heteroatoms. The first kappa shape index (κ1) is 99.0. The Labute approximate surface area is 632 Å². The van der Waals surface area contributed by atoms with Crippen LogP contribution in [0.3, 0.4) is 0 Å². The summed E-state index contributed by atoms with van der Waals surface area (Å²) in [4.78, 5) is 211. The third-order valence-electron chi connectivity index (χ3n) is 17.8. The molecular weight excluding hydrogens is 1400 g/mol. The minimum absolute atomic E-state index is 0.0397. The first-order valence-corrected chi connectivity index (χ1v) is 38.5. The molecule has 0 aromatic heterocycles. The van der Waals surface area contributed by atoms with Crippen molar-refractivity contribution < 1.29 is 143 Å². The predicted molar refractivity (Wildman–Crippen MR) is 382 cm³/mol. The highest BCUT2D eigenvalue weighted by molar-refractivity contribution is 5.84. The fraction of sp³-hybridized carbons (Fsp3) is 0.805. The highest BCUT2D eigenvalue weighted by atomic mass is 16.6. The van der Waals surface area contributed by atoms with Crippen LogP contribution in [0, 0.1) is 88.8 Å². The lowest BCUT2D eigenvalue weighted by Gasteiger charge is -2.30. The average molecular weight is 1530 g/mol. The standard InChI is InChI=1S/C77H126O30/c1-18-93-63(78)34-33-49(64(79)94-19-2)35-50(65(80)95-20-3)36-51(66(81)96-21-4)37-52(67(82)97-22-5)38-53(68(83)98-23-6)39-54(69(84)99-24-7)40-55(70(85)100-25-8)41-56(71(86)101-26-9)42-57(72(87)102-27-10)43-58(73(88)103-28-11)44-59(74(89)104-29-12)45-60(75(90)105-30-13)46-61(76(91)106-31-14)47-62(48(16)17)77(92)107-32-15/h48-62H,18-47H2,1-17H3. The summed E-state index contributed by atoms with van der Waals surface area (Å²) >= 11 is 0. The Morgan fingerprint density at radius 1 is 0.178 bits per heavy atom. The summed E-state index contributed by atoms with van der Waals surface area (Å²) in [6.45, 7) is 24.9. The van der Waals surface area contributed by atoms with Crippen LogP contribution in [-0.4, -0.2) is 189 Å². The molecule has 0 rings (SSSR count). The van der Waals surface area contributed by atoms with Gasteiger partial charge in [0.1, 0.15) is 0 Å². The number of esters is 15. The molecule has 14 unspecified atom stereocenters. The van der Waals surface area contributed by atoms with E-state index in [1.165, 1.54) is 62.3 Å². The first-order chi connectivity index (χ1) is 51.0. The van der Waals surface area contributed by atoms with Gasteiger partial charge in [-0.1, -0.05) is 13.8 Å². The number of carbonyl (C=O) groups is 15. The van der Waals surface area contributed by atoms with E-state index in [1.807, 2.05) is 0 Å². The maximum atomic E-state index is 14.6. The predicted octanol–water partition coefficient (Wildman–Crippen LogP) is 9.57. The third kappa shape index (κ3) is 38.1. The van der Waals surface area contributed by atoms with Gasteiger partial charge >= 0.3 is 89.5 Å². The van der Waals surface area contributed by atoms with Gasteiger partial charge in [0.05, 0.1) is 182 Å². The molecule has 0 fully saturated rings. The molecule has 0 aliphatic heterocycles. The molecule has 0 spiro atoms. The average Bonchev–Trinajstić information content (AvgIpc) is 0.841. The molecular formula is C77H126O30. The summed E-state index contributed by atoms with van der Waals surface area (Å²) in [7, 11) is 0. The molecule has 0 saturated carbocycles. The van der Waals surface area contributed by atoms with Gasteiger partial charge in [-0.2, -0.15) is 0 Å². The van der Waals surface area contributed by atoms with Gasteiger partial charge in [0, 0.05) is 6.42 Å². The zero-order chi connectivity index (χ0) is 81.1. The number of ether oxygens (including phenoxy) is 15. The molecule has 0 aromatic rings. The summed E-state index contributed by atoms with van der Waals surface area (Å²) in [5, 5.41) is 0. The second-order valence-corrected chi connectivity index (χ2v) is 25.8. The Balaban J connectivity index is 8.40. The minimum atomic E-state index is -1.46. The third-order valence-corrected chi connectivity index (χ3v) is 17.8. The molecule has 0 aliphatic rings. The van der Waals surface area contributed by atoms with Crippen molar-refractivity contribution in [1.82, 2.24) is 0 Å². The normalized spacial score (nSPS) is 15.1. The number of hydrogen-bond donors (Lipinski definition) is 0. The van der Waals surface area contributed by atoms with Crippen molar-refractivity contribution >= 4 is 89.5 Å². The van der Waals surface area contributed by atoms with Crippen molar-refractivity contribution in [2.75, 3.05) is 99.1 Å². The van der Waals surface area contributed by atoms with Gasteiger partial charge in [0.15, 0.2) is 0 Å². The lowest BCUT2D eigenvalue weighted by atomic mass is 9.76. The fourth-order valence-corrected chi connectivity index (χ4v) is 13.0. The van der Waals surface area contributed by atoms with Gasteiger partial charge < -0.3 is 71.1 Å². The van der Waals surface area contributed by atoms with Gasteiger partial charge in [-0.25, -0.2) is 0 Å². The molecule has 0 bridgehead atoms. The largest absolute Gasteiger partial charge is 0.466 e. The molecule has 0 aliphatic carbocycles. The number of rotatable bonds is 59. The molecule has 14 atom stereocenters. The van der Waals surface area contributed by atoms with Crippen LogP contribution < -0.4 is 0 Å². The van der Waals surface area contributed by atoms with Crippen LogP contribution in [0.5, 0.6) is 0 Å². The lowest BCUT2D eigenvalue weighted by molar-refractivity contribution is -0.161. The molecule has 0 amide bonds. The Morgan fingerprint density at radius 2 is 0.308 bits per heavy atom. The monoisotopic (exact) mass is 1530 g/mol. The van der Waals surface area contributed by atoms with E-state index in [0.29, 0.717) is 0 Å². The smallest absolute Gasteiger partial charge is 0.309 e. The Morgan fingerprint density at radius 3 is 0.458 bits per heavy atom. The molecule has 0 N–H and O–H groups in total. The van der Waals surface area contributed by atoms with Gasteiger partial charge in [0.25, 0.3) is 0 Å². The molecule has 107 heavy (non-hydrogen) atoms. The summed E-state index contributed by atoms with van der Waals surface area (Å²) in [5.74, 6) is -31.1. The SMILES string of the molecule is CCOC(=O)CCC(CC(CC(CC(CC(CC(CC(CC(CC(CC(CC(CC(CC(CC(C(=O)OCC)C(C)C)C(=O)OCC)C(=O)OCC)C(=O)OCC)C(=O)OCC)C(=O)OCC)C(=O)OCC)C(=O)OCC)C(=O)OCC)C(=O)OCC)C(=O)OCC)C(=O)OCC)C(=O)OCC)C(=O)OCC. The van der Waals surface area contributed by atoms with E-state index in [9.17, 15) is 71.9 Å². The van der Waals surface area contributed by atoms with Gasteiger partial charge in [-0.3, -0.25) is 71.9 Å². The topological polar surface area (TPSA) is 394 Å². The van der Waals surface area contributed by atoms with Gasteiger partial charge in [-0.05, 0) is 200 Å². The lowest BCUT2D eigenvalue weighted by Crippen LogP contribution is -2.36. The van der Waals surface area contributed by atoms with Crippen molar-refractivity contribution in [3.63, 3.8) is 0 Å². The van der Waals surface area contributed by atoms with E-state index < -0.39 is 224 Å². The van der Waals surface area contributed by atoms with Gasteiger partial charge in [0.2, 0.25) is 0 Å². The molecule has 0 radical (unpaired) electrons. The van der Waals surface area contributed by atoms with Crippen molar-refractivity contribution in [2.45, 2.75) is 214 Å². The quantitative estimate of drug-likeness (QED) is 0.0404. The fourth-order valence-electron chi connectivity index (χ4n) is 13.0. The highest BCUT2D eigenvalue weighted by Gasteiger charge is 2.45. The van der Waals surface area contributed by atoms with E-state index in [2.05, 4.69) is 0 Å². The molecule has 0 aromatic carbocycles. The van der Waals surface area contributed by atoms with Crippen LogP contribution in [0.4, 0.5) is 0 Å². The Kier molecular flexibility index (Phi) is 53.0. The Bertz CT molecular complexity index is 2730. The molecule has 0 heterocycles. The number of carbonyl (C=O) groups excluding carboxylic acids is 15. The maximum absolute atomic E-state index is 14.6. The summed E-state index contributed by atoms with van der Waals surface area (Å²) < 4.78 is 82.4. The van der Waals surface area contributed by atoms with E-state index in [-0.39, 0.29) is 150 Å². The summed E-state index contributed by atoms with van der Waals surface area (Å²) in [6, 6.07) is 0. The van der Waals surface area contributed by atoms with Crippen LogP contribution in [0.1, 0.15) is 214 Å². The summed E-state index contributed by atoms with van der Waals surface area (Å²) in [5.41, 5.74) is 0. The van der Waals surface area contributed by atoms with Gasteiger partial charge in [-0.15, -0.1) is 0 Å². The van der Waals surface area contributed by atoms with Crippen LogP contribution >= 0.6 is 0 Å². The van der Waals surface area contributed by atoms with Crippen molar-refractivity contribution in [3.05, 3.63) is 0 Å². The zero-order valence-corrected chi connectivity index (χ0v) is 66.6. The van der Waals surface area contributed by atoms with E-state index in [4.69, 9.17) is 71.1 Å². The first-order valence-electron chi connectivity index (χ1n) is 38.5. The summed E-state index contributed by atoms with van der Waals surface area (Å²) in [6.07, 6.45) is -5.68. The van der Waals surface area contributed by atoms with Crippen LogP contribution in [0.2, 0.25) is 0 Å². The van der Waals surface area contributed by atoms with Crippen molar-refractivity contribution in [1.29, 1.82) is 0 Å². The molecule has 30 nitrogen and oxygen atoms in total. The van der Waals surface area contributed by atoms with E-state index in [0.717, 1.165) is 0 Å². The second-order valence-electron chi connectivity index (χ2n) is 25.8. The van der Waals surface area contributed by atoms with E-state index >= 15 is 0 Å². The van der Waals surface area contributed by atoms with Crippen LogP contribution in [-0.2, 0) is 143 Å². The molecule has 614 valence electrons. The number of hydrogen-bond acceptors (Lipinski definition) is 30. The highest BCUT2D eigenvalue weighted by Crippen LogP contribution is 2.39. The Hall–Kier alpha value is -7.95. The minimum Gasteiger partial charge on any atom is -0.466 e.